The van der Waals surface area contributed by atoms with E-state index in [1.165, 1.54) is 43.4 Å². The molecule has 2 aliphatic carbocycles. The zero-order valence-electron chi connectivity index (χ0n) is 30.9. The number of anilines is 2. The van der Waals surface area contributed by atoms with Gasteiger partial charge in [0.1, 0.15) is 5.84 Å². The van der Waals surface area contributed by atoms with E-state index in [0.29, 0.717) is 5.84 Å². The molecule has 5 aromatic carbocycles. The van der Waals surface area contributed by atoms with E-state index in [-0.39, 0.29) is 5.41 Å². The van der Waals surface area contributed by atoms with Crippen LogP contribution in [0.15, 0.2) is 166 Å². The Morgan fingerprint density at radius 1 is 0.648 bits per heavy atom. The Kier molecular flexibility index (Phi) is 8.28. The topological polar surface area (TPSA) is 40.0 Å². The maximum Gasteiger partial charge on any atom is 0.162 e. The van der Waals surface area contributed by atoms with Gasteiger partial charge in [0.15, 0.2) is 5.84 Å². The molecule has 3 atom stereocenters. The number of rotatable bonds is 2. The first kappa shape index (κ1) is 33.2. The van der Waals surface area contributed by atoms with E-state index in [1.807, 2.05) is 18.2 Å². The summed E-state index contributed by atoms with van der Waals surface area (Å²) in [5.74, 6) is 2.23. The second-order valence-electron chi connectivity index (χ2n) is 15.6. The van der Waals surface area contributed by atoms with E-state index in [9.17, 15) is 0 Å². The van der Waals surface area contributed by atoms with Gasteiger partial charge < -0.3 is 10.2 Å². The number of hydrogen-bond acceptors (Lipinski definition) is 5. The second-order valence-corrected chi connectivity index (χ2v) is 16.9. The van der Waals surface area contributed by atoms with E-state index in [2.05, 4.69) is 157 Å². The Labute approximate surface area is 323 Å². The molecule has 5 heteroatoms. The normalized spacial score (nSPS) is 23.0. The Morgan fingerprint density at radius 3 is 2.00 bits per heavy atom. The molecule has 0 amide bonds. The number of allylic oxidation sites excluding steroid dienone is 4. The molecule has 1 saturated heterocycles. The molecule has 3 heterocycles. The fraction of sp³-hybridized carbons (Fsp3) is 0.224. The van der Waals surface area contributed by atoms with Crippen molar-refractivity contribution in [1.82, 2.24) is 5.32 Å². The highest BCUT2D eigenvalue weighted by Gasteiger charge is 2.49. The first-order valence-electron chi connectivity index (χ1n) is 19.5. The number of amidine groups is 2. The van der Waals surface area contributed by atoms with Crippen LogP contribution >= 0.6 is 11.8 Å². The van der Waals surface area contributed by atoms with Gasteiger partial charge in [-0.1, -0.05) is 123 Å². The van der Waals surface area contributed by atoms with Gasteiger partial charge in [0.2, 0.25) is 0 Å². The maximum absolute atomic E-state index is 5.27. The number of nitrogens with zero attached hydrogens (tertiary/aromatic N) is 3. The van der Waals surface area contributed by atoms with Gasteiger partial charge in [-0.2, -0.15) is 0 Å². The molecule has 10 bridgehead atoms. The summed E-state index contributed by atoms with van der Waals surface area (Å²) in [5.41, 5.74) is 13.3. The van der Waals surface area contributed by atoms with Crippen molar-refractivity contribution >= 4 is 40.5 Å². The van der Waals surface area contributed by atoms with Crippen LogP contribution in [0, 0.1) is 11.3 Å². The Hall–Kier alpha value is -5.39. The smallest absolute Gasteiger partial charge is 0.162 e. The summed E-state index contributed by atoms with van der Waals surface area (Å²) in [4.78, 5) is 14.6. The summed E-state index contributed by atoms with van der Waals surface area (Å²) in [7, 11) is 0. The molecule has 54 heavy (non-hydrogen) atoms. The van der Waals surface area contributed by atoms with E-state index >= 15 is 0 Å². The van der Waals surface area contributed by atoms with Crippen LogP contribution in [-0.4, -0.2) is 16.9 Å². The maximum atomic E-state index is 5.27. The zero-order chi connectivity index (χ0) is 36.2. The van der Waals surface area contributed by atoms with Crippen LogP contribution in [0.25, 0.3) is 28.0 Å². The van der Waals surface area contributed by atoms with Crippen molar-refractivity contribution in [3.63, 3.8) is 0 Å². The summed E-state index contributed by atoms with van der Waals surface area (Å²) in [5, 5.41) is 4.43. The van der Waals surface area contributed by atoms with Gasteiger partial charge in [0.25, 0.3) is 0 Å². The van der Waals surface area contributed by atoms with Gasteiger partial charge in [-0.15, -0.1) is 11.8 Å². The van der Waals surface area contributed by atoms with Crippen molar-refractivity contribution < 1.29 is 0 Å². The molecule has 3 unspecified atom stereocenters. The average Bonchev–Trinajstić information content (AvgIpc) is 3.37. The lowest BCUT2D eigenvalue weighted by atomic mass is 9.69. The largest absolute Gasteiger partial charge is 0.341 e. The Morgan fingerprint density at radius 2 is 1.26 bits per heavy atom. The fourth-order valence-electron chi connectivity index (χ4n) is 9.25. The zero-order valence-corrected chi connectivity index (χ0v) is 31.7. The third-order valence-electron chi connectivity index (χ3n) is 12.2. The van der Waals surface area contributed by atoms with Crippen molar-refractivity contribution in [2.24, 2.45) is 21.3 Å². The molecule has 0 aromatic heterocycles. The molecular formula is C49H44N4S. The van der Waals surface area contributed by atoms with E-state index < -0.39 is 0 Å². The number of thioether (sulfide) groups is 1. The Bertz CT molecular complexity index is 2450. The molecule has 0 radical (unpaired) electrons. The van der Waals surface area contributed by atoms with Gasteiger partial charge in [-0.25, -0.2) is 9.98 Å². The predicted octanol–water partition coefficient (Wildman–Crippen LogP) is 12.5. The van der Waals surface area contributed by atoms with Crippen LogP contribution in [0.2, 0.25) is 0 Å². The van der Waals surface area contributed by atoms with E-state index in [0.717, 1.165) is 79.6 Å². The minimum Gasteiger partial charge on any atom is -0.341 e. The fourth-order valence-corrected chi connectivity index (χ4v) is 11.2. The SMILES string of the molecule is CC1=C2N=C(c3ccccc3)N=C(N1)c1cccc(c1)-c1cccc(c1)N(C1=CCC3(C)C(=C1)SC1CCCCCC13)c1cccc(c1)-c1cccc2c1. The predicted molar refractivity (Wildman–Crippen MR) is 228 cm³/mol. The van der Waals surface area contributed by atoms with Gasteiger partial charge in [0, 0.05) is 50.1 Å². The summed E-state index contributed by atoms with van der Waals surface area (Å²) in [6.45, 7) is 4.65. The first-order valence-corrected chi connectivity index (χ1v) is 20.4. The van der Waals surface area contributed by atoms with Crippen LogP contribution in [0.4, 0.5) is 11.4 Å². The molecule has 0 spiro atoms. The van der Waals surface area contributed by atoms with Crippen molar-refractivity contribution in [2.45, 2.75) is 57.6 Å². The summed E-state index contributed by atoms with van der Waals surface area (Å²) in [6.07, 6.45) is 13.0. The molecular weight excluding hydrogens is 677 g/mol. The lowest BCUT2D eigenvalue weighted by molar-refractivity contribution is 0.244. The highest BCUT2D eigenvalue weighted by Crippen LogP contribution is 2.62. The molecule has 1 saturated carbocycles. The molecule has 4 nitrogen and oxygen atoms in total. The molecule has 2 fully saturated rings. The van der Waals surface area contributed by atoms with Gasteiger partial charge in [-0.3, -0.25) is 0 Å². The van der Waals surface area contributed by atoms with Crippen LogP contribution in [0.1, 0.15) is 69.1 Å². The quantitative estimate of drug-likeness (QED) is 0.197. The number of aliphatic imine (C=N–C) groups is 2. The molecule has 266 valence electrons. The minimum absolute atomic E-state index is 0.232. The first-order chi connectivity index (χ1) is 26.5. The van der Waals surface area contributed by atoms with Crippen LogP contribution in [-0.2, 0) is 0 Å². The molecule has 10 rings (SSSR count). The monoisotopic (exact) mass is 720 g/mol. The lowest BCUT2D eigenvalue weighted by Crippen LogP contribution is -2.30. The molecule has 3 aliphatic heterocycles. The standard InChI is InChI=1S/C49H44N4S/c1-32-46-38-19-9-15-34(27-38)36-17-11-21-40(29-36)53(42-25-26-49(2)43-23-7-4-8-24-44(43)54-45(49)31-42)41-22-12-18-37(30-41)35-16-10-20-39(28-35)48(50-32)52-47(51-46)33-13-5-3-6-14-33/h3,5-6,9-22,25,27-31,43-44H,4,7-8,23-24,26H2,1-2H3,(H,50,51,52). The number of fused-ring (bicyclic) bond motifs is 17. The van der Waals surface area contributed by atoms with Crippen molar-refractivity contribution in [2.75, 3.05) is 4.90 Å². The molecule has 5 aliphatic rings. The van der Waals surface area contributed by atoms with Crippen LogP contribution in [0.3, 0.4) is 0 Å². The van der Waals surface area contributed by atoms with Crippen LogP contribution in [0.5, 0.6) is 0 Å². The number of benzene rings is 5. The molecule has 1 N–H and O–H groups in total. The van der Waals surface area contributed by atoms with E-state index in [1.54, 1.807) is 4.91 Å². The second kappa shape index (κ2) is 13.5. The van der Waals surface area contributed by atoms with Crippen molar-refractivity contribution in [3.8, 4) is 22.3 Å². The van der Waals surface area contributed by atoms with Gasteiger partial charge >= 0.3 is 0 Å². The molecule has 5 aromatic rings. The summed E-state index contributed by atoms with van der Waals surface area (Å²) in [6, 6.07) is 45.9. The highest BCUT2D eigenvalue weighted by atomic mass is 32.2. The highest BCUT2D eigenvalue weighted by molar-refractivity contribution is 8.04. The van der Waals surface area contributed by atoms with Crippen molar-refractivity contribution in [3.05, 3.63) is 173 Å². The van der Waals surface area contributed by atoms with Gasteiger partial charge in [-0.05, 0) is 102 Å². The third kappa shape index (κ3) is 5.86. The third-order valence-corrected chi connectivity index (χ3v) is 13.9. The summed E-state index contributed by atoms with van der Waals surface area (Å²) < 4.78 is 0. The average molecular weight is 721 g/mol. The number of nitrogens with one attached hydrogen (secondary N) is 1. The van der Waals surface area contributed by atoms with E-state index in [4.69, 9.17) is 9.98 Å². The van der Waals surface area contributed by atoms with Crippen molar-refractivity contribution in [1.29, 1.82) is 0 Å². The summed E-state index contributed by atoms with van der Waals surface area (Å²) >= 11 is 2.18. The lowest BCUT2D eigenvalue weighted by Gasteiger charge is -2.37. The number of hydrogen-bond donors (Lipinski definition) is 1. The van der Waals surface area contributed by atoms with Gasteiger partial charge in [0.05, 0.1) is 5.70 Å². The minimum atomic E-state index is 0.232. The van der Waals surface area contributed by atoms with Crippen LogP contribution < -0.4 is 10.2 Å². The Balaban J connectivity index is 1.16.